The molecular weight excluding hydrogens is 414 g/mol. The summed E-state index contributed by atoms with van der Waals surface area (Å²) in [6.45, 7) is 1.80. The smallest absolute Gasteiger partial charge is 0.161 e. The lowest BCUT2D eigenvalue weighted by atomic mass is 9.71. The largest absolute Gasteiger partial charge is 0.493 e. The van der Waals surface area contributed by atoms with Crippen LogP contribution in [0, 0.1) is 0 Å². The molecule has 2 aliphatic rings. The number of nitrogens with zero attached hydrogens (tertiary/aromatic N) is 1. The summed E-state index contributed by atoms with van der Waals surface area (Å²) in [6.07, 6.45) is 2.11. The molecule has 1 aliphatic heterocycles. The van der Waals surface area contributed by atoms with Crippen LogP contribution in [0.5, 0.6) is 23.0 Å². The highest BCUT2D eigenvalue weighted by atomic mass is 16.5. The molecule has 172 valence electrons. The van der Waals surface area contributed by atoms with E-state index in [1.165, 1.54) is 27.8 Å². The van der Waals surface area contributed by atoms with Crippen LogP contribution in [0.15, 0.2) is 54.6 Å². The quantitative estimate of drug-likeness (QED) is 0.523. The highest BCUT2D eigenvalue weighted by molar-refractivity contribution is 5.57. The number of hydrogen-bond acceptors (Lipinski definition) is 5. The summed E-state index contributed by atoms with van der Waals surface area (Å²) in [5.41, 5.74) is 6.58. The van der Waals surface area contributed by atoms with Gasteiger partial charge in [0.15, 0.2) is 23.0 Å². The van der Waals surface area contributed by atoms with Gasteiger partial charge < -0.3 is 18.9 Å². The van der Waals surface area contributed by atoms with Gasteiger partial charge in [0.05, 0.1) is 28.4 Å². The molecule has 0 saturated heterocycles. The van der Waals surface area contributed by atoms with Gasteiger partial charge in [-0.15, -0.1) is 0 Å². The first-order valence-electron chi connectivity index (χ1n) is 11.4. The van der Waals surface area contributed by atoms with Crippen molar-refractivity contribution in [2.75, 3.05) is 28.4 Å². The van der Waals surface area contributed by atoms with Gasteiger partial charge in [-0.3, -0.25) is 4.90 Å². The third-order valence-electron chi connectivity index (χ3n) is 7.13. The first kappa shape index (κ1) is 21.7. The Labute approximate surface area is 195 Å². The van der Waals surface area contributed by atoms with Gasteiger partial charge in [-0.1, -0.05) is 30.3 Å². The first-order chi connectivity index (χ1) is 16.2. The maximum Gasteiger partial charge on any atom is 0.161 e. The summed E-state index contributed by atoms with van der Waals surface area (Å²) in [5, 5.41) is 0. The van der Waals surface area contributed by atoms with Gasteiger partial charge in [0.1, 0.15) is 0 Å². The van der Waals surface area contributed by atoms with Crippen molar-refractivity contribution < 1.29 is 18.9 Å². The fourth-order valence-electron chi connectivity index (χ4n) is 5.58. The molecule has 0 radical (unpaired) electrons. The van der Waals surface area contributed by atoms with Crippen LogP contribution < -0.4 is 18.9 Å². The Bertz CT molecular complexity index is 1140. The normalized spacial score (nSPS) is 19.2. The van der Waals surface area contributed by atoms with Gasteiger partial charge in [-0.05, 0) is 64.9 Å². The van der Waals surface area contributed by atoms with Crippen LogP contribution in [0.2, 0.25) is 0 Å². The predicted octanol–water partition coefficient (Wildman–Crippen LogP) is 5.18. The van der Waals surface area contributed by atoms with Crippen LogP contribution in [0.1, 0.15) is 40.2 Å². The lowest BCUT2D eigenvalue weighted by Crippen LogP contribution is -2.45. The maximum absolute atomic E-state index is 5.69. The standard InChI is InChI=1S/C28H31NO4/c1-30-24-12-19-10-11-23-28(21(19)14-26(24)32-3)22-15-27(33-4)25(31-2)13-20(22)17-29(23)16-18-8-6-5-7-9-18/h5-9,12-15,23,28H,10-11,16-17H2,1-4H3/t23-,28+/m1/s1. The molecule has 0 amide bonds. The molecule has 5 nitrogen and oxygen atoms in total. The van der Waals surface area contributed by atoms with Crippen molar-refractivity contribution in [3.8, 4) is 23.0 Å². The van der Waals surface area contributed by atoms with Crippen LogP contribution in [0.4, 0.5) is 0 Å². The molecule has 0 fully saturated rings. The minimum atomic E-state index is 0.223. The highest BCUT2D eigenvalue weighted by Gasteiger charge is 2.40. The summed E-state index contributed by atoms with van der Waals surface area (Å²) < 4.78 is 22.6. The van der Waals surface area contributed by atoms with Crippen LogP contribution >= 0.6 is 0 Å². The van der Waals surface area contributed by atoms with Crippen molar-refractivity contribution in [1.29, 1.82) is 0 Å². The molecule has 0 bridgehead atoms. The number of hydrogen-bond donors (Lipinski definition) is 0. The summed E-state index contributed by atoms with van der Waals surface area (Å²) >= 11 is 0. The molecule has 0 saturated carbocycles. The van der Waals surface area contributed by atoms with Gasteiger partial charge >= 0.3 is 0 Å². The van der Waals surface area contributed by atoms with E-state index in [-0.39, 0.29) is 5.92 Å². The third-order valence-corrected chi connectivity index (χ3v) is 7.13. The number of ether oxygens (including phenoxy) is 4. The van der Waals surface area contributed by atoms with E-state index in [2.05, 4.69) is 59.5 Å². The van der Waals surface area contributed by atoms with Crippen molar-refractivity contribution in [3.05, 3.63) is 82.4 Å². The Balaban J connectivity index is 1.66. The highest BCUT2D eigenvalue weighted by Crippen LogP contribution is 2.49. The van der Waals surface area contributed by atoms with Crippen LogP contribution in [-0.4, -0.2) is 39.4 Å². The number of aryl methyl sites for hydroxylation is 1. The molecule has 5 rings (SSSR count). The minimum absolute atomic E-state index is 0.223. The van der Waals surface area contributed by atoms with E-state index >= 15 is 0 Å². The Morgan fingerprint density at radius 2 is 1.27 bits per heavy atom. The molecule has 3 aromatic rings. The monoisotopic (exact) mass is 445 g/mol. The minimum Gasteiger partial charge on any atom is -0.493 e. The fraction of sp³-hybridized carbons (Fsp3) is 0.357. The molecule has 0 N–H and O–H groups in total. The van der Waals surface area contributed by atoms with Gasteiger partial charge in [0.25, 0.3) is 0 Å². The Hall–Kier alpha value is -3.18. The molecule has 0 spiro atoms. The third kappa shape index (κ3) is 3.80. The number of rotatable bonds is 6. The zero-order chi connectivity index (χ0) is 22.9. The second kappa shape index (κ2) is 8.99. The average molecular weight is 446 g/mol. The van der Waals surface area contributed by atoms with Crippen molar-refractivity contribution in [3.63, 3.8) is 0 Å². The molecule has 5 heteroatoms. The summed E-state index contributed by atoms with van der Waals surface area (Å²) in [7, 11) is 6.80. The van der Waals surface area contributed by atoms with Crippen molar-refractivity contribution in [2.45, 2.75) is 37.9 Å². The predicted molar refractivity (Wildman–Crippen MR) is 129 cm³/mol. The number of fused-ring (bicyclic) bond motifs is 5. The molecular formula is C28H31NO4. The molecule has 0 aromatic heterocycles. The second-order valence-electron chi connectivity index (χ2n) is 8.79. The second-order valence-corrected chi connectivity index (χ2v) is 8.79. The first-order valence-corrected chi connectivity index (χ1v) is 11.4. The Kier molecular flexibility index (Phi) is 5.90. The van der Waals surface area contributed by atoms with Gasteiger partial charge in [0, 0.05) is 25.0 Å². The van der Waals surface area contributed by atoms with E-state index in [0.717, 1.165) is 48.9 Å². The summed E-state index contributed by atoms with van der Waals surface area (Å²) in [5.74, 6) is 3.34. The SMILES string of the molecule is COc1cc2c(cc1OC)[C@H]1c3cc(OC)c(OC)cc3CN(Cc3ccccc3)[C@@H]1CC2. The van der Waals surface area contributed by atoms with Crippen LogP contribution in [0.25, 0.3) is 0 Å². The summed E-state index contributed by atoms with van der Waals surface area (Å²) in [4.78, 5) is 2.62. The Morgan fingerprint density at radius 3 is 1.88 bits per heavy atom. The van der Waals surface area contributed by atoms with Crippen molar-refractivity contribution in [2.24, 2.45) is 0 Å². The molecule has 3 aromatic carbocycles. The molecule has 2 atom stereocenters. The van der Waals surface area contributed by atoms with E-state index in [9.17, 15) is 0 Å². The lowest BCUT2D eigenvalue weighted by molar-refractivity contribution is 0.132. The number of benzene rings is 3. The van der Waals surface area contributed by atoms with Crippen LogP contribution in [0.3, 0.4) is 0 Å². The van der Waals surface area contributed by atoms with E-state index in [1.54, 1.807) is 28.4 Å². The maximum atomic E-state index is 5.69. The van der Waals surface area contributed by atoms with Crippen LogP contribution in [-0.2, 0) is 19.5 Å². The van der Waals surface area contributed by atoms with Gasteiger partial charge in [-0.25, -0.2) is 0 Å². The average Bonchev–Trinajstić information content (AvgIpc) is 2.87. The van der Waals surface area contributed by atoms with Gasteiger partial charge in [0.2, 0.25) is 0 Å². The molecule has 0 unspecified atom stereocenters. The molecule has 33 heavy (non-hydrogen) atoms. The zero-order valence-corrected chi connectivity index (χ0v) is 19.8. The van der Waals surface area contributed by atoms with Crippen molar-refractivity contribution >= 4 is 0 Å². The summed E-state index contributed by atoms with van der Waals surface area (Å²) in [6, 6.07) is 19.8. The molecule has 1 aliphatic carbocycles. The van der Waals surface area contributed by atoms with Crippen molar-refractivity contribution in [1.82, 2.24) is 4.90 Å². The van der Waals surface area contributed by atoms with E-state index < -0.39 is 0 Å². The Morgan fingerprint density at radius 1 is 0.727 bits per heavy atom. The number of methoxy groups -OCH3 is 4. The van der Waals surface area contributed by atoms with Gasteiger partial charge in [-0.2, -0.15) is 0 Å². The van der Waals surface area contributed by atoms with E-state index in [0.29, 0.717) is 6.04 Å². The van der Waals surface area contributed by atoms with E-state index in [4.69, 9.17) is 18.9 Å². The van der Waals surface area contributed by atoms with E-state index in [1.807, 2.05) is 0 Å². The topological polar surface area (TPSA) is 40.2 Å². The zero-order valence-electron chi connectivity index (χ0n) is 19.8. The fourth-order valence-corrected chi connectivity index (χ4v) is 5.58. The lowest BCUT2D eigenvalue weighted by Gasteiger charge is -2.46. The molecule has 1 heterocycles.